The number of likely N-dealkylation sites (tertiary alicyclic amines) is 1. The summed E-state index contributed by atoms with van der Waals surface area (Å²) >= 11 is 0. The van der Waals surface area contributed by atoms with E-state index >= 15 is 0 Å². The molecule has 8 heteroatoms. The Hall–Kier alpha value is -2.97. The van der Waals surface area contributed by atoms with Crippen molar-refractivity contribution in [2.75, 3.05) is 26.2 Å². The Morgan fingerprint density at radius 1 is 1.12 bits per heavy atom. The van der Waals surface area contributed by atoms with Crippen LogP contribution in [0.5, 0.6) is 0 Å². The molecule has 1 N–H and O–H groups in total. The van der Waals surface area contributed by atoms with Gasteiger partial charge in [0.05, 0.1) is 30.1 Å². The van der Waals surface area contributed by atoms with Gasteiger partial charge in [0.15, 0.2) is 0 Å². The van der Waals surface area contributed by atoms with Crippen LogP contribution in [0, 0.1) is 11.8 Å². The summed E-state index contributed by atoms with van der Waals surface area (Å²) in [6.45, 7) is 18.4. The number of rotatable bonds is 12. The molecular formula is C33H47N3O5. The van der Waals surface area contributed by atoms with Crippen LogP contribution in [0.3, 0.4) is 0 Å². The van der Waals surface area contributed by atoms with Crippen LogP contribution in [-0.4, -0.2) is 86.6 Å². The zero-order chi connectivity index (χ0) is 30.2. The lowest BCUT2D eigenvalue weighted by atomic mass is 9.64. The molecule has 3 heterocycles. The van der Waals surface area contributed by atoms with Crippen LogP contribution in [0.2, 0.25) is 0 Å². The van der Waals surface area contributed by atoms with Gasteiger partial charge in [-0.2, -0.15) is 0 Å². The highest BCUT2D eigenvalue weighted by Gasteiger charge is 2.79. The Balaban J connectivity index is 1.92. The van der Waals surface area contributed by atoms with Crippen molar-refractivity contribution in [2.45, 2.75) is 89.1 Å². The number of hydrogen-bond acceptors (Lipinski definition) is 5. The maximum absolute atomic E-state index is 14.8. The maximum Gasteiger partial charge on any atom is 0.249 e. The summed E-state index contributed by atoms with van der Waals surface area (Å²) in [6, 6.07) is 7.53. The van der Waals surface area contributed by atoms with Crippen molar-refractivity contribution >= 4 is 17.7 Å². The third kappa shape index (κ3) is 4.93. The number of aliphatic hydroxyl groups is 1. The summed E-state index contributed by atoms with van der Waals surface area (Å²) in [5, 5.41) is 10.7. The molecule has 1 spiro atoms. The van der Waals surface area contributed by atoms with Gasteiger partial charge in [-0.1, -0.05) is 56.3 Å². The number of ether oxygens (including phenoxy) is 1. The molecule has 3 saturated heterocycles. The first kappa shape index (κ1) is 31.0. The van der Waals surface area contributed by atoms with Gasteiger partial charge in [-0.3, -0.25) is 14.4 Å². The second-order valence-corrected chi connectivity index (χ2v) is 12.7. The van der Waals surface area contributed by atoms with E-state index in [0.717, 1.165) is 12.0 Å². The molecule has 1 aromatic carbocycles. The van der Waals surface area contributed by atoms with Crippen LogP contribution in [-0.2, 0) is 19.1 Å². The third-order valence-electron chi connectivity index (χ3n) is 9.35. The van der Waals surface area contributed by atoms with E-state index in [1.54, 1.807) is 26.9 Å². The highest BCUT2D eigenvalue weighted by Crippen LogP contribution is 2.65. The molecule has 41 heavy (non-hydrogen) atoms. The van der Waals surface area contributed by atoms with Crippen molar-refractivity contribution in [3.05, 3.63) is 61.2 Å². The average Bonchev–Trinajstić information content (AvgIpc) is 3.55. The van der Waals surface area contributed by atoms with Crippen molar-refractivity contribution < 1.29 is 24.2 Å². The lowest BCUT2D eigenvalue weighted by Gasteiger charge is -2.43. The summed E-state index contributed by atoms with van der Waals surface area (Å²) in [5.41, 5.74) is -1.84. The summed E-state index contributed by atoms with van der Waals surface area (Å²) in [4.78, 5) is 48.9. The van der Waals surface area contributed by atoms with Gasteiger partial charge in [0.25, 0.3) is 0 Å². The first-order valence-electron chi connectivity index (χ1n) is 15.0. The topological polar surface area (TPSA) is 90.4 Å². The number of carbonyl (C=O) groups is 3. The maximum atomic E-state index is 14.8. The molecule has 0 radical (unpaired) electrons. The molecule has 3 aliphatic rings. The summed E-state index contributed by atoms with van der Waals surface area (Å²) in [5.74, 6) is -2.23. The van der Waals surface area contributed by atoms with Crippen molar-refractivity contribution in [1.29, 1.82) is 0 Å². The molecule has 3 fully saturated rings. The number of benzene rings is 1. The molecule has 4 rings (SSSR count). The van der Waals surface area contributed by atoms with E-state index in [2.05, 4.69) is 13.2 Å². The summed E-state index contributed by atoms with van der Waals surface area (Å²) in [6.07, 6.45) is 5.79. The Morgan fingerprint density at radius 3 is 2.32 bits per heavy atom. The SMILES string of the molecule is C=CCN(CCC)C(=O)[C@@H]1[C@H]2C(=O)N([C@H](CO)c3ccccc3)C(C(=O)N(CC=C)C(C)(C)C)C23CC[C@@]1(CC)O3. The number of aliphatic hydroxyl groups excluding tert-OH is 1. The lowest BCUT2D eigenvalue weighted by molar-refractivity contribution is -0.160. The molecule has 3 aliphatic heterocycles. The predicted octanol–water partition coefficient (Wildman–Crippen LogP) is 4.11. The normalized spacial score (nSPS) is 29.3. The van der Waals surface area contributed by atoms with Crippen LogP contribution in [0.1, 0.15) is 71.9 Å². The van der Waals surface area contributed by atoms with Gasteiger partial charge in [-0.05, 0) is 52.0 Å². The van der Waals surface area contributed by atoms with Gasteiger partial charge < -0.3 is 24.5 Å². The van der Waals surface area contributed by atoms with E-state index < -0.39 is 40.7 Å². The van der Waals surface area contributed by atoms with Gasteiger partial charge >= 0.3 is 0 Å². The van der Waals surface area contributed by atoms with Gasteiger partial charge in [0.1, 0.15) is 11.6 Å². The van der Waals surface area contributed by atoms with Crippen LogP contribution in [0.4, 0.5) is 0 Å². The Morgan fingerprint density at radius 2 is 1.78 bits per heavy atom. The fraction of sp³-hybridized carbons (Fsp3) is 0.606. The molecule has 2 unspecified atom stereocenters. The number of amides is 3. The van der Waals surface area contributed by atoms with Crippen molar-refractivity contribution in [3.63, 3.8) is 0 Å². The lowest BCUT2D eigenvalue weighted by Crippen LogP contribution is -2.60. The molecule has 0 aliphatic carbocycles. The number of nitrogens with zero attached hydrogens (tertiary/aromatic N) is 3. The number of carbonyl (C=O) groups excluding carboxylic acids is 3. The van der Waals surface area contributed by atoms with E-state index in [-0.39, 0.29) is 24.3 Å². The Bertz CT molecular complexity index is 1160. The summed E-state index contributed by atoms with van der Waals surface area (Å²) < 4.78 is 6.98. The largest absolute Gasteiger partial charge is 0.394 e. The molecular weight excluding hydrogens is 518 g/mol. The molecule has 0 aromatic heterocycles. The van der Waals surface area contributed by atoms with E-state index in [1.807, 2.05) is 65.0 Å². The molecule has 6 atom stereocenters. The van der Waals surface area contributed by atoms with Crippen LogP contribution in [0.25, 0.3) is 0 Å². The van der Waals surface area contributed by atoms with Crippen LogP contribution < -0.4 is 0 Å². The molecule has 224 valence electrons. The Labute approximate surface area is 245 Å². The molecule has 0 saturated carbocycles. The van der Waals surface area contributed by atoms with Gasteiger partial charge in [-0.15, -0.1) is 13.2 Å². The molecule has 8 nitrogen and oxygen atoms in total. The van der Waals surface area contributed by atoms with Crippen molar-refractivity contribution in [1.82, 2.24) is 14.7 Å². The minimum Gasteiger partial charge on any atom is -0.394 e. The van der Waals surface area contributed by atoms with E-state index in [0.29, 0.717) is 38.9 Å². The van der Waals surface area contributed by atoms with Crippen molar-refractivity contribution in [2.24, 2.45) is 11.8 Å². The standard InChI is InChI=1S/C33H47N3O5/c1-8-19-34(20-9-2)28(38)25-26-29(39)36(24(22-37)23-15-13-12-14-16-23)27(30(40)35(21-10-3)31(5,6)7)33(26)18-17-32(25,11-4)41-33/h8,10,12-16,24-27,37H,1,3,9,11,17-22H2,2,4-7H3/t24-,25+,26+,27?,32-,33?/m1/s1. The average molecular weight is 566 g/mol. The zero-order valence-electron chi connectivity index (χ0n) is 25.3. The van der Waals surface area contributed by atoms with Gasteiger partial charge in [-0.25, -0.2) is 0 Å². The van der Waals surface area contributed by atoms with E-state index in [9.17, 15) is 19.5 Å². The summed E-state index contributed by atoms with van der Waals surface area (Å²) in [7, 11) is 0. The highest BCUT2D eigenvalue weighted by atomic mass is 16.5. The smallest absolute Gasteiger partial charge is 0.249 e. The first-order chi connectivity index (χ1) is 19.5. The second kappa shape index (κ2) is 11.7. The minimum absolute atomic E-state index is 0.124. The third-order valence-corrected chi connectivity index (χ3v) is 9.35. The van der Waals surface area contributed by atoms with Crippen LogP contribution >= 0.6 is 0 Å². The van der Waals surface area contributed by atoms with E-state index in [4.69, 9.17) is 4.74 Å². The zero-order valence-corrected chi connectivity index (χ0v) is 25.3. The molecule has 2 bridgehead atoms. The minimum atomic E-state index is -1.18. The second-order valence-electron chi connectivity index (χ2n) is 12.7. The molecule has 1 aromatic rings. The fourth-order valence-corrected chi connectivity index (χ4v) is 7.56. The van der Waals surface area contributed by atoms with Gasteiger partial charge in [0.2, 0.25) is 17.7 Å². The Kier molecular flexibility index (Phi) is 8.86. The quantitative estimate of drug-likeness (QED) is 0.385. The monoisotopic (exact) mass is 565 g/mol. The van der Waals surface area contributed by atoms with Crippen LogP contribution in [0.15, 0.2) is 55.6 Å². The fourth-order valence-electron chi connectivity index (χ4n) is 7.56. The number of fused-ring (bicyclic) bond motifs is 1. The number of hydrogen-bond donors (Lipinski definition) is 1. The van der Waals surface area contributed by atoms with Crippen molar-refractivity contribution in [3.8, 4) is 0 Å². The molecule has 3 amide bonds. The predicted molar refractivity (Wildman–Crippen MR) is 159 cm³/mol. The highest BCUT2D eigenvalue weighted by molar-refractivity contribution is 5.99. The van der Waals surface area contributed by atoms with E-state index in [1.165, 1.54) is 0 Å². The van der Waals surface area contributed by atoms with Gasteiger partial charge in [0, 0.05) is 25.2 Å². The first-order valence-corrected chi connectivity index (χ1v) is 15.0.